The third-order valence-corrected chi connectivity index (χ3v) is 10.5. The highest BCUT2D eigenvalue weighted by atomic mass is 16.3. The lowest BCUT2D eigenvalue weighted by molar-refractivity contribution is 0.632. The van der Waals surface area contributed by atoms with Crippen LogP contribution in [0.3, 0.4) is 0 Å². The average molecular weight is 548 g/mol. The van der Waals surface area contributed by atoms with Crippen LogP contribution in [0.2, 0.25) is 0 Å². The van der Waals surface area contributed by atoms with Crippen molar-refractivity contribution < 1.29 is 4.42 Å². The molecule has 0 unspecified atom stereocenters. The largest absolute Gasteiger partial charge is 0.441 e. The van der Waals surface area contributed by atoms with Gasteiger partial charge in [-0.05, 0) is 51.2 Å². The molecule has 0 amide bonds. The molecule has 0 atom stereocenters. The van der Waals surface area contributed by atoms with E-state index in [1.807, 2.05) is 0 Å². The van der Waals surface area contributed by atoms with E-state index in [4.69, 9.17) is 4.42 Å². The van der Waals surface area contributed by atoms with Crippen molar-refractivity contribution in [1.29, 1.82) is 0 Å². The van der Waals surface area contributed by atoms with Gasteiger partial charge in [0.1, 0.15) is 5.58 Å². The van der Waals surface area contributed by atoms with Gasteiger partial charge in [-0.15, -0.1) is 0 Å². The van der Waals surface area contributed by atoms with Crippen LogP contribution in [0.5, 0.6) is 0 Å². The van der Waals surface area contributed by atoms with Crippen LogP contribution >= 0.6 is 0 Å². The molecule has 0 spiro atoms. The maximum atomic E-state index is 6.81. The van der Waals surface area contributed by atoms with Gasteiger partial charge >= 0.3 is 6.85 Å². The fourth-order valence-electron chi connectivity index (χ4n) is 8.77. The van der Waals surface area contributed by atoms with Gasteiger partial charge in [0.25, 0.3) is 0 Å². The summed E-state index contributed by atoms with van der Waals surface area (Å²) < 4.78 is 9.33. The number of rotatable bonds is 0. The summed E-state index contributed by atoms with van der Waals surface area (Å²) in [6.07, 6.45) is 0. The second-order valence-electron chi connectivity index (χ2n) is 12.9. The lowest BCUT2D eigenvalue weighted by Gasteiger charge is -2.48. The van der Waals surface area contributed by atoms with Crippen LogP contribution in [0.1, 0.15) is 25.0 Å². The summed E-state index contributed by atoms with van der Waals surface area (Å²) in [5.74, 6) is 0. The van der Waals surface area contributed by atoms with Crippen molar-refractivity contribution in [2.75, 3.05) is 4.90 Å². The van der Waals surface area contributed by atoms with Crippen LogP contribution in [0, 0.1) is 0 Å². The van der Waals surface area contributed by atoms with E-state index in [1.54, 1.807) is 0 Å². The molecule has 0 saturated carbocycles. The Kier molecular flexibility index (Phi) is 3.76. The zero-order chi connectivity index (χ0) is 28.2. The van der Waals surface area contributed by atoms with Crippen molar-refractivity contribution >= 4 is 78.6 Å². The number of fused-ring (bicyclic) bond motifs is 13. The maximum absolute atomic E-state index is 6.81. The first-order valence-electron chi connectivity index (χ1n) is 15.2. The number of hydrogen-bond donors (Lipinski definition) is 0. The highest BCUT2D eigenvalue weighted by Gasteiger charge is 2.48. The molecule has 5 heterocycles. The molecule has 2 aromatic heterocycles. The Morgan fingerprint density at radius 3 is 2.33 bits per heavy atom. The Hall–Kier alpha value is -5.22. The van der Waals surface area contributed by atoms with Gasteiger partial charge in [0.15, 0.2) is 5.71 Å². The fraction of sp³-hybridized carbons (Fsp3) is 0.0769. The molecule has 200 valence electrons. The monoisotopic (exact) mass is 548 g/mol. The van der Waals surface area contributed by atoms with Crippen LogP contribution < -0.4 is 15.8 Å². The number of nitrogens with zero attached hydrogens (tertiary/aromatic N) is 2. The molecule has 11 rings (SSSR count). The summed E-state index contributed by atoms with van der Waals surface area (Å²) in [5.41, 5.74) is 14.9. The lowest BCUT2D eigenvalue weighted by Crippen LogP contribution is -2.58. The molecule has 0 radical (unpaired) electrons. The molecular weight excluding hydrogens is 523 g/mol. The molecule has 0 saturated heterocycles. The second kappa shape index (κ2) is 7.22. The predicted molar refractivity (Wildman–Crippen MR) is 179 cm³/mol. The normalized spacial score (nSPS) is 15.3. The molecule has 0 aliphatic carbocycles. The first kappa shape index (κ1) is 22.4. The van der Waals surface area contributed by atoms with Crippen molar-refractivity contribution in [1.82, 2.24) is 4.48 Å². The molecule has 43 heavy (non-hydrogen) atoms. The van der Waals surface area contributed by atoms with Crippen molar-refractivity contribution in [2.45, 2.75) is 19.3 Å². The maximum Gasteiger partial charge on any atom is 0.336 e. The molecular formula is C39H25BN2O. The van der Waals surface area contributed by atoms with Crippen LogP contribution in [0.25, 0.3) is 54.9 Å². The molecule has 6 aromatic carbocycles. The third-order valence-electron chi connectivity index (χ3n) is 10.5. The van der Waals surface area contributed by atoms with Crippen molar-refractivity contribution in [3.05, 3.63) is 126 Å². The number of furan rings is 1. The van der Waals surface area contributed by atoms with E-state index in [-0.39, 0.29) is 12.3 Å². The SMILES string of the molecule is CC1(C)c2ccccc2N2c3c(cccc31)B1c3c(cc4ccccc4c32)-c2cccc3c4c5ccccc5oc4n1c23. The minimum atomic E-state index is -0.142. The number of aromatic nitrogens is 1. The van der Waals surface area contributed by atoms with E-state index < -0.39 is 0 Å². The molecule has 0 bridgehead atoms. The summed E-state index contributed by atoms with van der Waals surface area (Å²) in [5, 5.41) is 6.20. The first-order chi connectivity index (χ1) is 21.1. The summed E-state index contributed by atoms with van der Waals surface area (Å²) in [6.45, 7) is 4.74. The van der Waals surface area contributed by atoms with Crippen molar-refractivity contribution in [2.24, 2.45) is 0 Å². The van der Waals surface area contributed by atoms with Gasteiger partial charge in [-0.3, -0.25) is 0 Å². The highest BCUT2D eigenvalue weighted by molar-refractivity contribution is 6.90. The fourth-order valence-corrected chi connectivity index (χ4v) is 8.77. The molecule has 3 aliphatic heterocycles. The zero-order valence-electron chi connectivity index (χ0n) is 23.8. The Morgan fingerprint density at radius 2 is 1.40 bits per heavy atom. The van der Waals surface area contributed by atoms with Crippen molar-refractivity contribution in [3.8, 4) is 11.1 Å². The lowest BCUT2D eigenvalue weighted by atomic mass is 9.44. The van der Waals surface area contributed by atoms with Crippen LogP contribution in [0.4, 0.5) is 17.1 Å². The second-order valence-corrected chi connectivity index (χ2v) is 12.9. The molecule has 4 heteroatoms. The summed E-state index contributed by atoms with van der Waals surface area (Å²) >= 11 is 0. The van der Waals surface area contributed by atoms with E-state index in [9.17, 15) is 0 Å². The van der Waals surface area contributed by atoms with Gasteiger partial charge in [0.2, 0.25) is 0 Å². The van der Waals surface area contributed by atoms with Gasteiger partial charge in [-0.1, -0.05) is 111 Å². The minimum Gasteiger partial charge on any atom is -0.441 e. The van der Waals surface area contributed by atoms with Crippen molar-refractivity contribution in [3.63, 3.8) is 0 Å². The van der Waals surface area contributed by atoms with E-state index in [0.29, 0.717) is 0 Å². The van der Waals surface area contributed by atoms with E-state index >= 15 is 0 Å². The van der Waals surface area contributed by atoms with Gasteiger partial charge in [0.05, 0.1) is 16.8 Å². The van der Waals surface area contributed by atoms with Gasteiger partial charge in [0, 0.05) is 38.3 Å². The van der Waals surface area contributed by atoms with E-state index in [0.717, 1.165) is 11.3 Å². The summed E-state index contributed by atoms with van der Waals surface area (Å²) in [4.78, 5) is 2.59. The smallest absolute Gasteiger partial charge is 0.336 e. The van der Waals surface area contributed by atoms with Crippen LogP contribution in [0.15, 0.2) is 120 Å². The quantitative estimate of drug-likeness (QED) is 0.177. The van der Waals surface area contributed by atoms with Crippen LogP contribution in [-0.2, 0) is 5.41 Å². The minimum absolute atomic E-state index is 0.0164. The Morgan fingerprint density at radius 1 is 0.651 bits per heavy atom. The number of anilines is 3. The zero-order valence-corrected chi connectivity index (χ0v) is 23.8. The van der Waals surface area contributed by atoms with Gasteiger partial charge in [-0.25, -0.2) is 0 Å². The number of para-hydroxylation sites is 4. The van der Waals surface area contributed by atoms with E-state index in [1.165, 1.54) is 82.7 Å². The predicted octanol–water partition coefficient (Wildman–Crippen LogP) is 8.75. The summed E-state index contributed by atoms with van der Waals surface area (Å²) in [6, 6.07) is 42.6. The number of benzene rings is 6. The third kappa shape index (κ3) is 2.41. The Labute approximate surface area is 248 Å². The molecule has 0 fully saturated rings. The Bertz CT molecular complexity index is 2570. The van der Waals surface area contributed by atoms with Gasteiger partial charge < -0.3 is 13.8 Å². The average Bonchev–Trinajstić information content (AvgIpc) is 3.58. The molecule has 8 aromatic rings. The van der Waals surface area contributed by atoms with Gasteiger partial charge in [-0.2, -0.15) is 0 Å². The molecule has 0 N–H and O–H groups in total. The standard InChI is InChI=1S/C39H25BN2O/c1-39(2)28-16-6-7-19-31(28)41-36-23-12-4-3-11-22(23)21-27-24-14-9-15-26-33-25-13-5-8-20-32(25)43-38(33)42(35(24)26)40(34(27)36)30-18-10-17-29(39)37(30)41/h3-21H,1-2H3. The van der Waals surface area contributed by atoms with E-state index in [2.05, 4.69) is 138 Å². The topological polar surface area (TPSA) is 21.3 Å². The number of hydrogen-bond acceptors (Lipinski definition) is 2. The molecule has 3 aliphatic rings. The molecule has 3 nitrogen and oxygen atoms in total. The first-order valence-corrected chi connectivity index (χ1v) is 15.2. The summed E-state index contributed by atoms with van der Waals surface area (Å²) in [7, 11) is 0. The Balaban J connectivity index is 1.41. The highest BCUT2D eigenvalue weighted by Crippen LogP contribution is 2.55. The van der Waals surface area contributed by atoms with Crippen LogP contribution in [-0.4, -0.2) is 11.3 Å².